The Hall–Kier alpha value is -2.99. The van der Waals surface area contributed by atoms with E-state index in [0.29, 0.717) is 5.69 Å². The highest BCUT2D eigenvalue weighted by Gasteiger charge is 2.67. The van der Waals surface area contributed by atoms with Crippen LogP contribution in [0.25, 0.3) is 0 Å². The summed E-state index contributed by atoms with van der Waals surface area (Å²) in [7, 11) is 0. The molecule has 29 heavy (non-hydrogen) atoms. The summed E-state index contributed by atoms with van der Waals surface area (Å²) in [4.78, 5) is 41.0. The van der Waals surface area contributed by atoms with Gasteiger partial charge < -0.3 is 4.74 Å². The van der Waals surface area contributed by atoms with Crippen LogP contribution < -0.4 is 10.2 Å². The molecule has 0 unspecified atom stereocenters. The number of para-hydroxylation sites is 1. The number of imide groups is 1. The number of aryl methyl sites for hydroxylation is 1. The molecule has 2 fully saturated rings. The number of amides is 2. The summed E-state index contributed by atoms with van der Waals surface area (Å²) in [5.74, 6) is -2.69. The molecular weight excluding hydrogens is 368 g/mol. The first kappa shape index (κ1) is 19.3. The summed E-state index contributed by atoms with van der Waals surface area (Å²) in [6.07, 6.45) is 0. The number of fused-ring (bicyclic) bond motifs is 1. The fourth-order valence-electron chi connectivity index (χ4n) is 4.64. The van der Waals surface area contributed by atoms with Crippen LogP contribution in [0.2, 0.25) is 0 Å². The number of carbonyl (C=O) groups is 3. The Morgan fingerprint density at radius 2 is 1.72 bits per heavy atom. The Morgan fingerprint density at radius 1 is 1.07 bits per heavy atom. The average Bonchev–Trinajstić information content (AvgIpc) is 3.17. The Labute approximate surface area is 169 Å². The zero-order chi connectivity index (χ0) is 20.8. The zero-order valence-corrected chi connectivity index (χ0v) is 16.7. The van der Waals surface area contributed by atoms with Gasteiger partial charge in [0, 0.05) is 6.04 Å². The maximum absolute atomic E-state index is 13.5. The van der Waals surface area contributed by atoms with Crippen LogP contribution in [-0.4, -0.2) is 29.9 Å². The van der Waals surface area contributed by atoms with E-state index in [1.807, 2.05) is 37.3 Å². The monoisotopic (exact) mass is 392 g/mol. The van der Waals surface area contributed by atoms with Crippen molar-refractivity contribution in [1.29, 1.82) is 0 Å². The molecule has 2 saturated heterocycles. The predicted octanol–water partition coefficient (Wildman–Crippen LogP) is 2.77. The third kappa shape index (κ3) is 2.86. The molecule has 1 N–H and O–H groups in total. The molecule has 2 aliphatic heterocycles. The molecule has 0 aromatic heterocycles. The highest BCUT2D eigenvalue weighted by Crippen LogP contribution is 2.50. The van der Waals surface area contributed by atoms with Crippen LogP contribution in [0, 0.1) is 18.8 Å². The lowest BCUT2D eigenvalue weighted by molar-refractivity contribution is -0.153. The van der Waals surface area contributed by atoms with Crippen LogP contribution >= 0.6 is 0 Å². The van der Waals surface area contributed by atoms with Gasteiger partial charge in [0.05, 0.1) is 24.1 Å². The largest absolute Gasteiger partial charge is 0.465 e. The molecule has 6 heteroatoms. The molecule has 6 nitrogen and oxygen atoms in total. The molecular formula is C23H24N2O4. The van der Waals surface area contributed by atoms with Gasteiger partial charge >= 0.3 is 5.97 Å². The van der Waals surface area contributed by atoms with Crippen LogP contribution in [0.5, 0.6) is 0 Å². The maximum Gasteiger partial charge on any atom is 0.326 e. The van der Waals surface area contributed by atoms with E-state index in [4.69, 9.17) is 4.74 Å². The molecule has 150 valence electrons. The minimum Gasteiger partial charge on any atom is -0.465 e. The number of carbonyl (C=O) groups excluding carboxylic acids is 3. The maximum atomic E-state index is 13.5. The van der Waals surface area contributed by atoms with Gasteiger partial charge in [0.15, 0.2) is 0 Å². The lowest BCUT2D eigenvalue weighted by Gasteiger charge is -2.29. The van der Waals surface area contributed by atoms with Crippen molar-refractivity contribution in [3.63, 3.8) is 0 Å². The summed E-state index contributed by atoms with van der Waals surface area (Å²) in [6.45, 7) is 5.56. The Balaban J connectivity index is 1.84. The fourth-order valence-corrected chi connectivity index (χ4v) is 4.64. The number of hydrogen-bond donors (Lipinski definition) is 1. The average molecular weight is 392 g/mol. The van der Waals surface area contributed by atoms with Gasteiger partial charge in [0.2, 0.25) is 11.8 Å². The van der Waals surface area contributed by atoms with Crippen molar-refractivity contribution in [1.82, 2.24) is 5.32 Å². The number of hydrogen-bond acceptors (Lipinski definition) is 5. The van der Waals surface area contributed by atoms with Gasteiger partial charge in [-0.25, -0.2) is 4.90 Å². The number of nitrogens with one attached hydrogen (secondary N) is 1. The molecule has 2 heterocycles. The highest BCUT2D eigenvalue weighted by molar-refractivity contribution is 6.24. The van der Waals surface area contributed by atoms with Crippen molar-refractivity contribution in [2.45, 2.75) is 32.4 Å². The van der Waals surface area contributed by atoms with Gasteiger partial charge in [0.25, 0.3) is 0 Å². The van der Waals surface area contributed by atoms with Gasteiger partial charge in [-0.1, -0.05) is 42.5 Å². The topological polar surface area (TPSA) is 75.7 Å². The third-order valence-corrected chi connectivity index (χ3v) is 6.02. The molecule has 2 aromatic carbocycles. The molecule has 4 atom stereocenters. The van der Waals surface area contributed by atoms with E-state index in [2.05, 4.69) is 5.32 Å². The van der Waals surface area contributed by atoms with Crippen LogP contribution in [0.15, 0.2) is 54.6 Å². The van der Waals surface area contributed by atoms with Gasteiger partial charge in [-0.2, -0.15) is 0 Å². The number of ether oxygens (including phenoxy) is 1. The summed E-state index contributed by atoms with van der Waals surface area (Å²) in [5, 5.41) is 3.30. The van der Waals surface area contributed by atoms with E-state index >= 15 is 0 Å². The van der Waals surface area contributed by atoms with Crippen LogP contribution in [0.3, 0.4) is 0 Å². The Morgan fingerprint density at radius 3 is 2.38 bits per heavy atom. The highest BCUT2D eigenvalue weighted by atomic mass is 16.5. The quantitative estimate of drug-likeness (QED) is 0.640. The first-order valence-corrected chi connectivity index (χ1v) is 9.83. The van der Waals surface area contributed by atoms with E-state index in [0.717, 1.165) is 11.1 Å². The summed E-state index contributed by atoms with van der Waals surface area (Å²) >= 11 is 0. The summed E-state index contributed by atoms with van der Waals surface area (Å²) in [6, 6.07) is 16.1. The zero-order valence-electron chi connectivity index (χ0n) is 16.7. The van der Waals surface area contributed by atoms with Gasteiger partial charge in [-0.05, 0) is 44.0 Å². The van der Waals surface area contributed by atoms with E-state index in [1.165, 1.54) is 4.90 Å². The second kappa shape index (κ2) is 7.12. The number of rotatable bonds is 4. The molecule has 2 aromatic rings. The first-order chi connectivity index (χ1) is 13.9. The number of anilines is 1. The minimum absolute atomic E-state index is 0.201. The molecule has 2 amide bonds. The summed E-state index contributed by atoms with van der Waals surface area (Å²) in [5.41, 5.74) is 1.14. The minimum atomic E-state index is -1.29. The molecule has 0 bridgehead atoms. The lowest BCUT2D eigenvalue weighted by Crippen LogP contribution is -2.54. The van der Waals surface area contributed by atoms with Crippen molar-refractivity contribution < 1.29 is 19.1 Å². The van der Waals surface area contributed by atoms with Crippen molar-refractivity contribution in [3.8, 4) is 0 Å². The summed E-state index contributed by atoms with van der Waals surface area (Å²) < 4.78 is 5.29. The van der Waals surface area contributed by atoms with Crippen molar-refractivity contribution in [3.05, 3.63) is 65.7 Å². The lowest BCUT2D eigenvalue weighted by atomic mass is 9.80. The standard InChI is InChI=1S/C23H24N2O4/c1-4-29-22(28)23(3)18-17(19(24-23)16-13-9-8-10-14(16)2)20(26)25(21(18)27)15-11-6-5-7-12-15/h5-13,17-19,24H,4H2,1-3H3/t17-,18-,19-,23+/m0/s1. The van der Waals surface area contributed by atoms with Crippen LogP contribution in [0.4, 0.5) is 5.69 Å². The van der Waals surface area contributed by atoms with Crippen LogP contribution in [-0.2, 0) is 19.1 Å². The van der Waals surface area contributed by atoms with Gasteiger partial charge in [-0.15, -0.1) is 0 Å². The Kier molecular flexibility index (Phi) is 4.74. The van der Waals surface area contributed by atoms with Crippen LogP contribution in [0.1, 0.15) is 31.0 Å². The van der Waals surface area contributed by atoms with E-state index in [1.54, 1.807) is 38.1 Å². The van der Waals surface area contributed by atoms with E-state index in [-0.39, 0.29) is 18.4 Å². The van der Waals surface area contributed by atoms with Gasteiger partial charge in [0.1, 0.15) is 5.54 Å². The molecule has 0 spiro atoms. The number of benzene rings is 2. The smallest absolute Gasteiger partial charge is 0.326 e. The Bertz CT molecular complexity index is 974. The van der Waals surface area contributed by atoms with Gasteiger partial charge in [-0.3, -0.25) is 19.7 Å². The molecule has 4 rings (SSSR count). The van der Waals surface area contributed by atoms with E-state index in [9.17, 15) is 14.4 Å². The predicted molar refractivity (Wildman–Crippen MR) is 108 cm³/mol. The number of nitrogens with zero attached hydrogens (tertiary/aromatic N) is 1. The number of esters is 1. The first-order valence-electron chi connectivity index (χ1n) is 9.83. The van der Waals surface area contributed by atoms with Crippen molar-refractivity contribution in [2.24, 2.45) is 11.8 Å². The van der Waals surface area contributed by atoms with Crippen molar-refractivity contribution in [2.75, 3.05) is 11.5 Å². The molecule has 0 aliphatic carbocycles. The molecule has 0 saturated carbocycles. The molecule has 2 aliphatic rings. The normalized spacial score (nSPS) is 28.5. The SMILES string of the molecule is CCOC(=O)[C@]1(C)N[C@@H](c2ccccc2C)[C@H]2C(=O)N(c3ccccc3)C(=O)[C@H]21. The molecule has 0 radical (unpaired) electrons. The second-order valence-electron chi connectivity index (χ2n) is 7.75. The third-order valence-electron chi connectivity index (χ3n) is 6.02. The second-order valence-corrected chi connectivity index (χ2v) is 7.75. The fraction of sp³-hybridized carbons (Fsp3) is 0.348. The van der Waals surface area contributed by atoms with E-state index < -0.39 is 29.4 Å². The van der Waals surface area contributed by atoms with Crippen molar-refractivity contribution >= 4 is 23.5 Å².